The molecule has 0 aliphatic carbocycles. The number of rotatable bonds is 2. The summed E-state index contributed by atoms with van der Waals surface area (Å²) in [5.74, 6) is -0.463. The molecule has 0 aliphatic heterocycles. The maximum atomic E-state index is 14.0. The number of nitriles is 1. The third-order valence-corrected chi connectivity index (χ3v) is 3.31. The second-order valence-corrected chi connectivity index (χ2v) is 4.68. The average molecular weight is 305 g/mol. The van der Waals surface area contributed by atoms with Crippen molar-refractivity contribution in [1.29, 1.82) is 5.26 Å². The second-order valence-electron chi connectivity index (χ2n) is 3.89. The minimum Gasteiger partial charge on any atom is -0.353 e. The summed E-state index contributed by atoms with van der Waals surface area (Å²) in [6.07, 6.45) is 0. The molecule has 2 aromatic rings. The Morgan fingerprint density at radius 1 is 1.17 bits per heavy atom. The Morgan fingerprint density at radius 2 is 1.83 bits per heavy atom. The SMILES string of the molecule is Cc1ccc(Nc2ccc(C#N)c(Br)c2F)cc1. The zero-order chi connectivity index (χ0) is 13.1. The summed E-state index contributed by atoms with van der Waals surface area (Å²) in [4.78, 5) is 0. The van der Waals surface area contributed by atoms with Crippen LogP contribution in [-0.2, 0) is 0 Å². The third-order valence-electron chi connectivity index (χ3n) is 2.53. The highest BCUT2D eigenvalue weighted by atomic mass is 79.9. The molecule has 0 radical (unpaired) electrons. The van der Waals surface area contributed by atoms with Crippen molar-refractivity contribution in [3.63, 3.8) is 0 Å². The van der Waals surface area contributed by atoms with Gasteiger partial charge in [0.2, 0.25) is 0 Å². The van der Waals surface area contributed by atoms with E-state index in [1.54, 1.807) is 12.1 Å². The lowest BCUT2D eigenvalue weighted by molar-refractivity contribution is 0.624. The van der Waals surface area contributed by atoms with Gasteiger partial charge in [0.15, 0.2) is 5.82 Å². The Labute approximate surface area is 113 Å². The Bertz CT molecular complexity index is 615. The number of benzene rings is 2. The van der Waals surface area contributed by atoms with E-state index in [0.717, 1.165) is 11.3 Å². The molecule has 0 unspecified atom stereocenters. The quantitative estimate of drug-likeness (QED) is 0.886. The zero-order valence-electron chi connectivity index (χ0n) is 9.67. The van der Waals surface area contributed by atoms with Crippen LogP contribution in [0.2, 0.25) is 0 Å². The molecule has 0 heterocycles. The van der Waals surface area contributed by atoms with Crippen molar-refractivity contribution in [2.45, 2.75) is 6.92 Å². The lowest BCUT2D eigenvalue weighted by Gasteiger charge is -2.09. The molecule has 0 spiro atoms. The van der Waals surface area contributed by atoms with Crippen molar-refractivity contribution in [1.82, 2.24) is 0 Å². The number of nitrogens with one attached hydrogen (secondary N) is 1. The van der Waals surface area contributed by atoms with Gasteiger partial charge < -0.3 is 5.32 Å². The zero-order valence-corrected chi connectivity index (χ0v) is 11.3. The largest absolute Gasteiger partial charge is 0.353 e. The molecule has 18 heavy (non-hydrogen) atoms. The van der Waals surface area contributed by atoms with E-state index in [4.69, 9.17) is 5.26 Å². The molecule has 0 amide bonds. The summed E-state index contributed by atoms with van der Waals surface area (Å²) in [6.45, 7) is 1.99. The van der Waals surface area contributed by atoms with E-state index in [1.807, 2.05) is 37.3 Å². The smallest absolute Gasteiger partial charge is 0.162 e. The van der Waals surface area contributed by atoms with E-state index >= 15 is 0 Å². The minimum absolute atomic E-state index is 0.183. The highest BCUT2D eigenvalue weighted by molar-refractivity contribution is 9.10. The topological polar surface area (TPSA) is 35.8 Å². The fraction of sp³-hybridized carbons (Fsp3) is 0.0714. The standard InChI is InChI=1S/C14H10BrFN2/c1-9-2-5-11(6-3-9)18-12-7-4-10(8-17)13(15)14(12)16/h2-7,18H,1H3. The summed E-state index contributed by atoms with van der Waals surface area (Å²) in [5.41, 5.74) is 2.56. The molecule has 2 aromatic carbocycles. The monoisotopic (exact) mass is 304 g/mol. The van der Waals surface area contributed by atoms with Crippen molar-refractivity contribution in [3.05, 3.63) is 57.8 Å². The first-order valence-corrected chi connectivity index (χ1v) is 6.13. The third kappa shape index (κ3) is 2.52. The van der Waals surface area contributed by atoms with E-state index in [9.17, 15) is 4.39 Å². The van der Waals surface area contributed by atoms with Gasteiger partial charge >= 0.3 is 0 Å². The van der Waals surface area contributed by atoms with Gasteiger partial charge in [-0.1, -0.05) is 17.7 Å². The molecule has 0 saturated carbocycles. The summed E-state index contributed by atoms with van der Waals surface area (Å²) in [7, 11) is 0. The number of anilines is 2. The number of hydrogen-bond acceptors (Lipinski definition) is 2. The number of hydrogen-bond donors (Lipinski definition) is 1. The molecule has 0 aliphatic rings. The molecule has 0 fully saturated rings. The Kier molecular flexibility index (Phi) is 3.63. The predicted molar refractivity (Wildman–Crippen MR) is 73.3 cm³/mol. The van der Waals surface area contributed by atoms with Crippen molar-refractivity contribution >= 4 is 27.3 Å². The predicted octanol–water partition coefficient (Wildman–Crippen LogP) is 4.51. The molecule has 0 aromatic heterocycles. The van der Waals surface area contributed by atoms with Gasteiger partial charge in [-0.3, -0.25) is 0 Å². The summed E-state index contributed by atoms with van der Waals surface area (Å²) in [6, 6.07) is 12.7. The summed E-state index contributed by atoms with van der Waals surface area (Å²) >= 11 is 3.08. The van der Waals surface area contributed by atoms with Crippen LogP contribution in [0.3, 0.4) is 0 Å². The molecule has 0 bridgehead atoms. The highest BCUT2D eigenvalue weighted by Gasteiger charge is 2.10. The Balaban J connectivity index is 2.33. The van der Waals surface area contributed by atoms with E-state index in [-0.39, 0.29) is 10.0 Å². The van der Waals surface area contributed by atoms with Crippen LogP contribution in [0.4, 0.5) is 15.8 Å². The highest BCUT2D eigenvalue weighted by Crippen LogP contribution is 2.28. The van der Waals surface area contributed by atoms with Crippen LogP contribution in [0.15, 0.2) is 40.9 Å². The molecule has 4 heteroatoms. The maximum Gasteiger partial charge on any atom is 0.162 e. The van der Waals surface area contributed by atoms with E-state index in [2.05, 4.69) is 21.2 Å². The van der Waals surface area contributed by atoms with Crippen molar-refractivity contribution in [2.75, 3.05) is 5.32 Å². The van der Waals surface area contributed by atoms with Crippen LogP contribution in [0.1, 0.15) is 11.1 Å². The second kappa shape index (κ2) is 5.19. The average Bonchev–Trinajstić information content (AvgIpc) is 2.38. The van der Waals surface area contributed by atoms with Gasteiger partial charge in [0.25, 0.3) is 0 Å². The fourth-order valence-electron chi connectivity index (χ4n) is 1.52. The van der Waals surface area contributed by atoms with E-state index in [0.29, 0.717) is 5.69 Å². The Hall–Kier alpha value is -1.86. The van der Waals surface area contributed by atoms with Crippen LogP contribution in [-0.4, -0.2) is 0 Å². The molecular weight excluding hydrogens is 295 g/mol. The van der Waals surface area contributed by atoms with Crippen LogP contribution < -0.4 is 5.32 Å². The molecule has 1 N–H and O–H groups in total. The molecule has 2 rings (SSSR count). The van der Waals surface area contributed by atoms with E-state index < -0.39 is 5.82 Å². The fourth-order valence-corrected chi connectivity index (χ4v) is 1.96. The summed E-state index contributed by atoms with van der Waals surface area (Å²) in [5, 5.41) is 11.8. The first kappa shape index (κ1) is 12.6. The normalized spacial score (nSPS) is 9.89. The molecular formula is C14H10BrFN2. The van der Waals surface area contributed by atoms with Gasteiger partial charge in [-0.25, -0.2) is 4.39 Å². The van der Waals surface area contributed by atoms with E-state index in [1.165, 1.54) is 0 Å². The summed E-state index contributed by atoms with van der Waals surface area (Å²) < 4.78 is 14.1. The maximum absolute atomic E-state index is 14.0. The van der Waals surface area contributed by atoms with Crippen molar-refractivity contribution < 1.29 is 4.39 Å². The lowest BCUT2D eigenvalue weighted by atomic mass is 10.2. The van der Waals surface area contributed by atoms with Crippen LogP contribution in [0.5, 0.6) is 0 Å². The number of aryl methyl sites for hydroxylation is 1. The first-order chi connectivity index (χ1) is 8.61. The van der Waals surface area contributed by atoms with Gasteiger partial charge in [-0.05, 0) is 47.1 Å². The lowest BCUT2D eigenvalue weighted by Crippen LogP contribution is -1.96. The van der Waals surface area contributed by atoms with Gasteiger partial charge in [-0.2, -0.15) is 5.26 Å². The van der Waals surface area contributed by atoms with Gasteiger partial charge in [0.1, 0.15) is 6.07 Å². The Morgan fingerprint density at radius 3 is 2.44 bits per heavy atom. The van der Waals surface area contributed by atoms with Gasteiger partial charge in [-0.15, -0.1) is 0 Å². The van der Waals surface area contributed by atoms with Crippen molar-refractivity contribution in [2.24, 2.45) is 0 Å². The minimum atomic E-state index is -0.463. The van der Waals surface area contributed by atoms with Gasteiger partial charge in [0, 0.05) is 5.69 Å². The van der Waals surface area contributed by atoms with Crippen LogP contribution in [0, 0.1) is 24.1 Å². The molecule has 2 nitrogen and oxygen atoms in total. The number of nitrogens with zero attached hydrogens (tertiary/aromatic N) is 1. The molecule has 90 valence electrons. The van der Waals surface area contributed by atoms with Crippen LogP contribution >= 0.6 is 15.9 Å². The van der Waals surface area contributed by atoms with Crippen LogP contribution in [0.25, 0.3) is 0 Å². The van der Waals surface area contributed by atoms with Gasteiger partial charge in [0.05, 0.1) is 15.7 Å². The number of halogens is 2. The molecule has 0 atom stereocenters. The molecule has 0 saturated heterocycles. The first-order valence-electron chi connectivity index (χ1n) is 5.33. The van der Waals surface area contributed by atoms with Crippen molar-refractivity contribution in [3.8, 4) is 6.07 Å².